The summed E-state index contributed by atoms with van der Waals surface area (Å²) in [7, 11) is 0. The Bertz CT molecular complexity index is 295. The fourth-order valence-electron chi connectivity index (χ4n) is 1.86. The average Bonchev–Trinajstić information content (AvgIpc) is 2.54. The Morgan fingerprint density at radius 2 is 2.31 bits per heavy atom. The summed E-state index contributed by atoms with van der Waals surface area (Å²) in [5.74, 6) is 0. The smallest absolute Gasteiger partial charge is 0.0925 e. The van der Waals surface area contributed by atoms with Crippen molar-refractivity contribution in [2.45, 2.75) is 26.3 Å². The maximum atomic E-state index is 4.40. The van der Waals surface area contributed by atoms with Crippen LogP contribution in [0.3, 0.4) is 0 Å². The van der Waals surface area contributed by atoms with Crippen LogP contribution in [0.15, 0.2) is 6.20 Å². The Labute approximate surface area is 108 Å². The van der Waals surface area contributed by atoms with Crippen LogP contribution in [0.2, 0.25) is 0 Å². The van der Waals surface area contributed by atoms with Gasteiger partial charge in [0.15, 0.2) is 0 Å². The standard InChI is InChI=1S/C11H19N3S.ClH/c1-2-11-13-8-10(15-11)9-14-6-3-4-12-5-7-14;/h8,12H,2-7,9H2,1H3;1H. The lowest BCUT2D eigenvalue weighted by Gasteiger charge is -2.17. The van der Waals surface area contributed by atoms with E-state index in [9.17, 15) is 0 Å². The number of nitrogens with one attached hydrogen (secondary N) is 1. The second kappa shape index (κ2) is 7.22. The van der Waals surface area contributed by atoms with E-state index in [-0.39, 0.29) is 12.4 Å². The van der Waals surface area contributed by atoms with Gasteiger partial charge in [-0.1, -0.05) is 6.92 Å². The summed E-state index contributed by atoms with van der Waals surface area (Å²) in [4.78, 5) is 8.33. The molecule has 0 saturated carbocycles. The SMILES string of the molecule is CCc1ncc(CN2CCCNCC2)s1.Cl. The van der Waals surface area contributed by atoms with Crippen molar-refractivity contribution in [1.82, 2.24) is 15.2 Å². The molecule has 5 heteroatoms. The van der Waals surface area contributed by atoms with Gasteiger partial charge in [0, 0.05) is 30.7 Å². The lowest BCUT2D eigenvalue weighted by atomic mass is 10.4. The van der Waals surface area contributed by atoms with E-state index in [1.807, 2.05) is 17.5 Å². The first-order valence-corrected chi connectivity index (χ1v) is 6.57. The van der Waals surface area contributed by atoms with Crippen LogP contribution in [-0.4, -0.2) is 36.1 Å². The highest BCUT2D eigenvalue weighted by Crippen LogP contribution is 2.15. The molecule has 0 amide bonds. The van der Waals surface area contributed by atoms with Crippen LogP contribution >= 0.6 is 23.7 Å². The fourth-order valence-corrected chi connectivity index (χ4v) is 2.77. The number of nitrogens with zero attached hydrogens (tertiary/aromatic N) is 2. The van der Waals surface area contributed by atoms with Crippen LogP contribution in [0, 0.1) is 0 Å². The van der Waals surface area contributed by atoms with Gasteiger partial charge in [-0.05, 0) is 25.9 Å². The van der Waals surface area contributed by atoms with Crippen molar-refractivity contribution in [2.75, 3.05) is 26.2 Å². The molecule has 1 fully saturated rings. The van der Waals surface area contributed by atoms with E-state index < -0.39 is 0 Å². The van der Waals surface area contributed by atoms with Gasteiger partial charge >= 0.3 is 0 Å². The largest absolute Gasteiger partial charge is 0.315 e. The van der Waals surface area contributed by atoms with Gasteiger partial charge < -0.3 is 5.32 Å². The van der Waals surface area contributed by atoms with Crippen LogP contribution in [0.5, 0.6) is 0 Å². The van der Waals surface area contributed by atoms with E-state index in [4.69, 9.17) is 0 Å². The molecule has 0 bridgehead atoms. The van der Waals surface area contributed by atoms with Crippen molar-refractivity contribution in [3.05, 3.63) is 16.1 Å². The Balaban J connectivity index is 0.00000128. The first kappa shape index (κ1) is 13.9. The molecule has 0 aromatic carbocycles. The van der Waals surface area contributed by atoms with Crippen LogP contribution in [0.1, 0.15) is 23.2 Å². The molecule has 1 saturated heterocycles. The summed E-state index contributed by atoms with van der Waals surface area (Å²) in [5, 5.41) is 4.69. The predicted octanol–water partition coefficient (Wildman–Crippen LogP) is 1.92. The minimum Gasteiger partial charge on any atom is -0.315 e. The van der Waals surface area contributed by atoms with Gasteiger partial charge in [-0.3, -0.25) is 4.90 Å². The van der Waals surface area contributed by atoms with Crippen molar-refractivity contribution in [1.29, 1.82) is 0 Å². The molecule has 1 aromatic rings. The fraction of sp³-hybridized carbons (Fsp3) is 0.727. The van der Waals surface area contributed by atoms with E-state index in [1.165, 1.54) is 35.9 Å². The zero-order valence-corrected chi connectivity index (χ0v) is 11.4. The molecule has 1 N–H and O–H groups in total. The Kier molecular flexibility index (Phi) is 6.28. The number of thiazole rings is 1. The predicted molar refractivity (Wildman–Crippen MR) is 71.5 cm³/mol. The third-order valence-electron chi connectivity index (χ3n) is 2.72. The topological polar surface area (TPSA) is 28.2 Å². The zero-order chi connectivity index (χ0) is 10.5. The van der Waals surface area contributed by atoms with Gasteiger partial charge in [0.25, 0.3) is 0 Å². The summed E-state index contributed by atoms with van der Waals surface area (Å²) in [5.41, 5.74) is 0. The molecule has 0 unspecified atom stereocenters. The molecule has 1 aliphatic rings. The highest BCUT2D eigenvalue weighted by Gasteiger charge is 2.10. The van der Waals surface area contributed by atoms with Gasteiger partial charge in [0.05, 0.1) is 5.01 Å². The summed E-state index contributed by atoms with van der Waals surface area (Å²) in [6.45, 7) is 7.92. The van der Waals surface area contributed by atoms with E-state index in [0.29, 0.717) is 0 Å². The third kappa shape index (κ3) is 4.01. The quantitative estimate of drug-likeness (QED) is 0.901. The average molecular weight is 262 g/mol. The first-order chi connectivity index (χ1) is 7.38. The Morgan fingerprint density at radius 3 is 3.06 bits per heavy atom. The number of hydrogen-bond acceptors (Lipinski definition) is 4. The van der Waals surface area contributed by atoms with Crippen LogP contribution in [-0.2, 0) is 13.0 Å². The molecular weight excluding hydrogens is 242 g/mol. The van der Waals surface area contributed by atoms with Crippen molar-refractivity contribution >= 4 is 23.7 Å². The monoisotopic (exact) mass is 261 g/mol. The normalized spacial score (nSPS) is 17.8. The maximum Gasteiger partial charge on any atom is 0.0925 e. The number of aryl methyl sites for hydroxylation is 1. The van der Waals surface area contributed by atoms with Crippen LogP contribution in [0.25, 0.3) is 0 Å². The molecular formula is C11H20ClN3S. The Morgan fingerprint density at radius 1 is 1.44 bits per heavy atom. The highest BCUT2D eigenvalue weighted by atomic mass is 35.5. The van der Waals surface area contributed by atoms with Gasteiger partial charge in [0.1, 0.15) is 0 Å². The summed E-state index contributed by atoms with van der Waals surface area (Å²) >= 11 is 1.86. The number of halogens is 1. The summed E-state index contributed by atoms with van der Waals surface area (Å²) in [6, 6.07) is 0. The summed E-state index contributed by atoms with van der Waals surface area (Å²) in [6.07, 6.45) is 4.37. The van der Waals surface area contributed by atoms with Crippen molar-refractivity contribution in [3.63, 3.8) is 0 Å². The number of hydrogen-bond donors (Lipinski definition) is 1. The number of rotatable bonds is 3. The molecule has 0 radical (unpaired) electrons. The second-order valence-corrected chi connectivity index (χ2v) is 5.15. The molecule has 16 heavy (non-hydrogen) atoms. The molecule has 1 aromatic heterocycles. The minimum absolute atomic E-state index is 0. The van der Waals surface area contributed by atoms with Gasteiger partial charge in [0.2, 0.25) is 0 Å². The minimum atomic E-state index is 0. The molecule has 1 aliphatic heterocycles. The summed E-state index contributed by atoms with van der Waals surface area (Å²) < 4.78 is 0. The van der Waals surface area contributed by atoms with Gasteiger partial charge in [-0.15, -0.1) is 23.7 Å². The molecule has 0 spiro atoms. The van der Waals surface area contributed by atoms with E-state index in [2.05, 4.69) is 22.1 Å². The molecule has 0 aliphatic carbocycles. The van der Waals surface area contributed by atoms with Gasteiger partial charge in [-0.2, -0.15) is 0 Å². The second-order valence-electron chi connectivity index (χ2n) is 3.95. The van der Waals surface area contributed by atoms with Crippen LogP contribution in [0.4, 0.5) is 0 Å². The van der Waals surface area contributed by atoms with Crippen LogP contribution < -0.4 is 5.32 Å². The van der Waals surface area contributed by atoms with E-state index in [1.54, 1.807) is 0 Å². The van der Waals surface area contributed by atoms with Gasteiger partial charge in [-0.25, -0.2) is 4.98 Å². The molecule has 2 rings (SSSR count). The lowest BCUT2D eigenvalue weighted by Crippen LogP contribution is -2.27. The van der Waals surface area contributed by atoms with E-state index in [0.717, 1.165) is 19.5 Å². The maximum absolute atomic E-state index is 4.40. The molecule has 2 heterocycles. The third-order valence-corrected chi connectivity index (χ3v) is 3.84. The first-order valence-electron chi connectivity index (χ1n) is 5.75. The molecule has 3 nitrogen and oxygen atoms in total. The zero-order valence-electron chi connectivity index (χ0n) is 9.74. The lowest BCUT2D eigenvalue weighted by molar-refractivity contribution is 0.287. The highest BCUT2D eigenvalue weighted by molar-refractivity contribution is 7.11. The van der Waals surface area contributed by atoms with E-state index >= 15 is 0 Å². The van der Waals surface area contributed by atoms with Crippen molar-refractivity contribution in [3.8, 4) is 0 Å². The van der Waals surface area contributed by atoms with Crippen molar-refractivity contribution in [2.24, 2.45) is 0 Å². The molecule has 92 valence electrons. The Hall–Kier alpha value is -0.160. The number of aromatic nitrogens is 1. The molecule has 0 atom stereocenters. The van der Waals surface area contributed by atoms with Crippen molar-refractivity contribution < 1.29 is 0 Å².